The third-order valence-electron chi connectivity index (χ3n) is 4.34. The van der Waals surface area contributed by atoms with Crippen molar-refractivity contribution in [2.75, 3.05) is 4.90 Å². The van der Waals surface area contributed by atoms with Crippen molar-refractivity contribution in [1.82, 2.24) is 8.28 Å². The molecule has 2 amide bonds. The molecule has 27 heavy (non-hydrogen) atoms. The van der Waals surface area contributed by atoms with Crippen molar-refractivity contribution >= 4 is 38.0 Å². The molecule has 0 unspecified atom stereocenters. The van der Waals surface area contributed by atoms with E-state index >= 15 is 0 Å². The zero-order valence-electron chi connectivity index (χ0n) is 14.2. The highest BCUT2D eigenvalue weighted by atomic mass is 79.9. The predicted octanol–water partition coefficient (Wildman–Crippen LogP) is 3.99. The minimum absolute atomic E-state index is 0.0192. The van der Waals surface area contributed by atoms with Gasteiger partial charge in [-0.05, 0) is 35.4 Å². The summed E-state index contributed by atoms with van der Waals surface area (Å²) in [5, 5.41) is 0. The molecule has 3 aromatic rings. The van der Waals surface area contributed by atoms with Gasteiger partial charge in [-0.2, -0.15) is 12.7 Å². The van der Waals surface area contributed by atoms with Crippen LogP contribution in [-0.2, 0) is 23.3 Å². The Morgan fingerprint density at radius 1 is 0.852 bits per heavy atom. The van der Waals surface area contributed by atoms with Crippen LogP contribution >= 0.6 is 15.9 Å². The number of amides is 2. The number of halogens is 1. The van der Waals surface area contributed by atoms with Crippen molar-refractivity contribution in [2.24, 2.45) is 0 Å². The molecular formula is C19H16BrN3O3S. The van der Waals surface area contributed by atoms with Crippen LogP contribution in [0.25, 0.3) is 0 Å². The standard InChI is InChI=1S/C19H16BrN3O3S/c20-17-9-4-8-16(12-17)13-21-18-10-5-11-22(18)27(25,26)23(19(21)24)14-15-6-2-1-3-7-15/h1-12H,13-14H2. The SMILES string of the molecule is O=C1N(Cc2cccc(Br)c2)c2cccn2S(=O)(=O)N1Cc1ccccc1. The molecule has 138 valence electrons. The third-order valence-corrected chi connectivity index (χ3v) is 6.48. The zero-order valence-corrected chi connectivity index (χ0v) is 16.6. The van der Waals surface area contributed by atoms with Crippen LogP contribution < -0.4 is 4.90 Å². The average molecular weight is 446 g/mol. The lowest BCUT2D eigenvalue weighted by Crippen LogP contribution is -2.52. The van der Waals surface area contributed by atoms with Crippen molar-refractivity contribution in [1.29, 1.82) is 0 Å². The van der Waals surface area contributed by atoms with Gasteiger partial charge >= 0.3 is 16.2 Å². The van der Waals surface area contributed by atoms with Gasteiger partial charge < -0.3 is 0 Å². The molecule has 0 bridgehead atoms. The molecule has 0 saturated carbocycles. The Bertz CT molecular complexity index is 1100. The summed E-state index contributed by atoms with van der Waals surface area (Å²) in [7, 11) is -3.97. The molecule has 6 nitrogen and oxygen atoms in total. The zero-order chi connectivity index (χ0) is 19.0. The molecule has 1 aliphatic heterocycles. The van der Waals surface area contributed by atoms with Gasteiger partial charge in [0, 0.05) is 10.7 Å². The van der Waals surface area contributed by atoms with E-state index in [-0.39, 0.29) is 13.1 Å². The van der Waals surface area contributed by atoms with Crippen LogP contribution in [0.2, 0.25) is 0 Å². The molecule has 2 aromatic carbocycles. The second-order valence-corrected chi connectivity index (χ2v) is 8.81. The van der Waals surface area contributed by atoms with Crippen LogP contribution in [0.1, 0.15) is 11.1 Å². The maximum atomic E-state index is 13.1. The minimum Gasteiger partial charge on any atom is -0.274 e. The largest absolute Gasteiger partial charge is 0.341 e. The summed E-state index contributed by atoms with van der Waals surface area (Å²) in [6.07, 6.45) is 1.46. The number of benzene rings is 2. The predicted molar refractivity (Wildman–Crippen MR) is 106 cm³/mol. The van der Waals surface area contributed by atoms with E-state index in [1.807, 2.05) is 42.5 Å². The van der Waals surface area contributed by atoms with E-state index in [0.717, 1.165) is 23.9 Å². The first-order chi connectivity index (χ1) is 13.0. The quantitative estimate of drug-likeness (QED) is 0.609. The first-order valence-electron chi connectivity index (χ1n) is 8.27. The van der Waals surface area contributed by atoms with E-state index in [0.29, 0.717) is 5.82 Å². The number of anilines is 1. The van der Waals surface area contributed by atoms with E-state index in [1.165, 1.54) is 11.1 Å². The molecule has 0 saturated heterocycles. The summed E-state index contributed by atoms with van der Waals surface area (Å²) < 4.78 is 28.9. The van der Waals surface area contributed by atoms with Crippen LogP contribution in [0.4, 0.5) is 10.6 Å². The Labute approximate surface area is 165 Å². The molecule has 1 aromatic heterocycles. The Hall–Kier alpha value is -2.58. The second kappa shape index (κ2) is 6.86. The Morgan fingerprint density at radius 2 is 1.59 bits per heavy atom. The Morgan fingerprint density at radius 3 is 2.33 bits per heavy atom. The van der Waals surface area contributed by atoms with Gasteiger partial charge in [0.15, 0.2) is 0 Å². The lowest BCUT2D eigenvalue weighted by molar-refractivity contribution is 0.225. The summed E-state index contributed by atoms with van der Waals surface area (Å²) in [4.78, 5) is 14.6. The number of nitrogens with zero attached hydrogens (tertiary/aromatic N) is 3. The molecule has 0 fully saturated rings. The van der Waals surface area contributed by atoms with Crippen molar-refractivity contribution in [3.63, 3.8) is 0 Å². The van der Waals surface area contributed by atoms with Crippen molar-refractivity contribution in [3.05, 3.63) is 88.5 Å². The average Bonchev–Trinajstić information content (AvgIpc) is 3.14. The smallest absolute Gasteiger partial charge is 0.274 e. The van der Waals surface area contributed by atoms with E-state index < -0.39 is 16.2 Å². The third kappa shape index (κ3) is 3.26. The highest BCUT2D eigenvalue weighted by Crippen LogP contribution is 2.30. The maximum absolute atomic E-state index is 13.1. The molecule has 0 aliphatic carbocycles. The maximum Gasteiger partial charge on any atom is 0.341 e. The van der Waals surface area contributed by atoms with Crippen molar-refractivity contribution in [2.45, 2.75) is 13.1 Å². The number of hydrogen-bond acceptors (Lipinski definition) is 3. The lowest BCUT2D eigenvalue weighted by atomic mass is 10.2. The molecule has 2 heterocycles. The van der Waals surface area contributed by atoms with Gasteiger partial charge in [-0.3, -0.25) is 4.90 Å². The fourth-order valence-corrected chi connectivity index (χ4v) is 4.95. The highest BCUT2D eigenvalue weighted by molar-refractivity contribution is 9.10. The first-order valence-corrected chi connectivity index (χ1v) is 10.5. The van der Waals surface area contributed by atoms with Crippen LogP contribution in [-0.4, -0.2) is 22.7 Å². The van der Waals surface area contributed by atoms with Gasteiger partial charge in [-0.1, -0.05) is 58.4 Å². The van der Waals surface area contributed by atoms with Crippen molar-refractivity contribution < 1.29 is 13.2 Å². The number of carbonyl (C=O) groups excluding carboxylic acids is 1. The molecule has 0 atom stereocenters. The molecule has 0 spiro atoms. The summed E-state index contributed by atoms with van der Waals surface area (Å²) in [6.45, 7) is 0.248. The number of aromatic nitrogens is 1. The van der Waals surface area contributed by atoms with Gasteiger partial charge in [0.2, 0.25) is 0 Å². The van der Waals surface area contributed by atoms with Crippen LogP contribution in [0.15, 0.2) is 77.4 Å². The van der Waals surface area contributed by atoms with E-state index in [4.69, 9.17) is 0 Å². The van der Waals surface area contributed by atoms with E-state index in [9.17, 15) is 13.2 Å². The highest BCUT2D eigenvalue weighted by Gasteiger charge is 2.40. The van der Waals surface area contributed by atoms with E-state index in [2.05, 4.69) is 15.9 Å². The van der Waals surface area contributed by atoms with Gasteiger partial charge in [-0.15, -0.1) is 0 Å². The molecule has 4 rings (SSSR count). The normalized spacial score (nSPS) is 15.7. The minimum atomic E-state index is -3.97. The second-order valence-electron chi connectivity index (χ2n) is 6.16. The number of rotatable bonds is 4. The molecule has 0 radical (unpaired) electrons. The molecule has 0 N–H and O–H groups in total. The first kappa shape index (κ1) is 17.8. The van der Waals surface area contributed by atoms with Gasteiger partial charge in [-0.25, -0.2) is 8.77 Å². The van der Waals surface area contributed by atoms with Gasteiger partial charge in [0.05, 0.1) is 13.1 Å². The summed E-state index contributed by atoms with van der Waals surface area (Å²) in [6, 6.07) is 19.4. The van der Waals surface area contributed by atoms with Gasteiger partial charge in [0.25, 0.3) is 0 Å². The molecular weight excluding hydrogens is 430 g/mol. The Kier molecular flexibility index (Phi) is 4.53. The number of fused-ring (bicyclic) bond motifs is 1. The summed E-state index contributed by atoms with van der Waals surface area (Å²) in [5.74, 6) is 0.337. The molecule has 1 aliphatic rings. The Balaban J connectivity index is 1.75. The number of hydrogen-bond donors (Lipinski definition) is 0. The van der Waals surface area contributed by atoms with Gasteiger partial charge in [0.1, 0.15) is 5.82 Å². The van der Waals surface area contributed by atoms with E-state index in [1.54, 1.807) is 24.3 Å². The number of carbonyl (C=O) groups is 1. The fourth-order valence-electron chi connectivity index (χ4n) is 3.06. The van der Waals surface area contributed by atoms with Crippen molar-refractivity contribution in [3.8, 4) is 0 Å². The molecule has 8 heteroatoms. The van der Waals surface area contributed by atoms with Crippen LogP contribution in [0.3, 0.4) is 0 Å². The lowest BCUT2D eigenvalue weighted by Gasteiger charge is -2.36. The summed E-state index contributed by atoms with van der Waals surface area (Å²) >= 11 is 3.43. The number of urea groups is 1. The van der Waals surface area contributed by atoms with Crippen LogP contribution in [0.5, 0.6) is 0 Å². The monoisotopic (exact) mass is 445 g/mol. The fraction of sp³-hybridized carbons (Fsp3) is 0.105. The van der Waals surface area contributed by atoms with Crippen LogP contribution in [0, 0.1) is 0 Å². The summed E-state index contributed by atoms with van der Waals surface area (Å²) in [5.41, 5.74) is 1.64. The topological polar surface area (TPSA) is 62.6 Å².